The number of carbonyl (C=O) groups is 2. The highest BCUT2D eigenvalue weighted by Crippen LogP contribution is 2.39. The molecular formula is C30H42O4S3Si. The minimum absolute atomic E-state index is 0.0188. The average Bonchev–Trinajstić information content (AvgIpc) is 3.44. The number of thioether (sulfide) groups is 2. The van der Waals surface area contributed by atoms with Gasteiger partial charge in [0.15, 0.2) is 14.1 Å². The summed E-state index contributed by atoms with van der Waals surface area (Å²) in [4.78, 5) is 26.2. The number of hydrogen-bond acceptors (Lipinski definition) is 7. The second-order valence-corrected chi connectivity index (χ2v) is 19.3. The van der Waals surface area contributed by atoms with Crippen LogP contribution in [0.2, 0.25) is 18.1 Å². The summed E-state index contributed by atoms with van der Waals surface area (Å²) in [5, 5.41) is 1.44. The van der Waals surface area contributed by atoms with Crippen LogP contribution in [0.3, 0.4) is 0 Å². The van der Waals surface area contributed by atoms with Crippen LogP contribution in [-0.2, 0) is 25.2 Å². The van der Waals surface area contributed by atoms with Gasteiger partial charge in [-0.2, -0.15) is 11.8 Å². The Morgan fingerprint density at radius 3 is 2.66 bits per heavy atom. The number of aryl methyl sites for hydroxylation is 1. The van der Waals surface area contributed by atoms with Crippen LogP contribution in [0, 0.1) is 0 Å². The predicted molar refractivity (Wildman–Crippen MR) is 169 cm³/mol. The number of benzene rings is 1. The van der Waals surface area contributed by atoms with Crippen LogP contribution in [0.25, 0.3) is 10.1 Å². The van der Waals surface area contributed by atoms with E-state index in [0.29, 0.717) is 12.2 Å². The molecule has 1 heterocycles. The summed E-state index contributed by atoms with van der Waals surface area (Å²) in [7, 11) is -0.547. The number of ether oxygens (including phenoxy) is 1. The Morgan fingerprint density at radius 2 is 1.95 bits per heavy atom. The smallest absolute Gasteiger partial charge is 0.315 e. The zero-order valence-corrected chi connectivity index (χ0v) is 27.1. The minimum Gasteiger partial charge on any atom is -0.468 e. The maximum Gasteiger partial charge on any atom is 0.315 e. The van der Waals surface area contributed by atoms with E-state index in [0.717, 1.165) is 47.7 Å². The summed E-state index contributed by atoms with van der Waals surface area (Å²) in [6.45, 7) is 11.5. The summed E-state index contributed by atoms with van der Waals surface area (Å²) in [6.07, 6.45) is 8.66. The zero-order chi connectivity index (χ0) is 27.8. The van der Waals surface area contributed by atoms with E-state index in [1.807, 2.05) is 11.3 Å². The van der Waals surface area contributed by atoms with Gasteiger partial charge in [-0.05, 0) is 78.4 Å². The number of allylic oxidation sites excluding steroid dienone is 3. The van der Waals surface area contributed by atoms with Gasteiger partial charge in [-0.15, -0.1) is 23.1 Å². The van der Waals surface area contributed by atoms with Gasteiger partial charge in [0, 0.05) is 16.0 Å². The van der Waals surface area contributed by atoms with Crippen molar-refractivity contribution in [1.29, 1.82) is 0 Å². The van der Waals surface area contributed by atoms with Crippen molar-refractivity contribution in [3.63, 3.8) is 0 Å². The topological polar surface area (TPSA) is 52.6 Å². The maximum atomic E-state index is 12.6. The summed E-state index contributed by atoms with van der Waals surface area (Å²) >= 11 is 5.12. The molecule has 1 aromatic heterocycles. The van der Waals surface area contributed by atoms with E-state index in [1.54, 1.807) is 23.5 Å². The van der Waals surface area contributed by atoms with Gasteiger partial charge in [0.2, 0.25) is 0 Å². The highest BCUT2D eigenvalue weighted by Gasteiger charge is 2.38. The summed E-state index contributed by atoms with van der Waals surface area (Å²) in [6, 6.07) is 10.9. The number of methoxy groups -OCH3 is 1. The van der Waals surface area contributed by atoms with Crippen molar-refractivity contribution in [2.45, 2.75) is 77.1 Å². The Labute approximate surface area is 242 Å². The predicted octanol–water partition coefficient (Wildman–Crippen LogP) is 8.43. The number of ketones is 1. The van der Waals surface area contributed by atoms with Crippen LogP contribution in [0.1, 0.15) is 51.3 Å². The third kappa shape index (κ3) is 9.12. The van der Waals surface area contributed by atoms with E-state index in [1.165, 1.54) is 22.1 Å². The van der Waals surface area contributed by atoms with Gasteiger partial charge < -0.3 is 9.16 Å². The SMILES string of the molecule is COC(=O)CSCCCSC1=C(C=CC(CCc2cc3ccccc3s2)O[Si](C)(C)C(C)(C)C)CCC1=O. The first-order valence-electron chi connectivity index (χ1n) is 13.4. The number of fused-ring (bicyclic) bond motifs is 1. The molecule has 1 unspecified atom stereocenters. The standard InChI is InChI=1S/C30H42O4S3Si/c1-30(2,3)38(5,6)34-24(15-16-25-20-23-10-7-8-11-27(23)37-25)14-12-22-13-17-26(31)29(22)36-19-9-18-35-21-28(32)33-4/h7-8,10-12,14,20,24H,9,13,15-19,21H2,1-6H3. The van der Waals surface area contributed by atoms with Gasteiger partial charge in [-0.3, -0.25) is 9.59 Å². The molecule has 38 heavy (non-hydrogen) atoms. The lowest BCUT2D eigenvalue weighted by atomic mass is 10.1. The molecule has 1 atom stereocenters. The van der Waals surface area contributed by atoms with Crippen LogP contribution in [0.15, 0.2) is 53.0 Å². The Hall–Kier alpha value is -1.32. The molecule has 0 saturated carbocycles. The lowest BCUT2D eigenvalue weighted by Crippen LogP contribution is -2.43. The highest BCUT2D eigenvalue weighted by atomic mass is 32.2. The van der Waals surface area contributed by atoms with Crippen LogP contribution in [0.5, 0.6) is 0 Å². The second kappa shape index (κ2) is 14.4. The van der Waals surface area contributed by atoms with Gasteiger partial charge in [0.1, 0.15) is 0 Å². The van der Waals surface area contributed by atoms with Crippen molar-refractivity contribution in [1.82, 2.24) is 0 Å². The number of thiophene rings is 1. The Balaban J connectivity index is 1.67. The maximum absolute atomic E-state index is 12.6. The van der Waals surface area contributed by atoms with Gasteiger partial charge in [-0.25, -0.2) is 0 Å². The lowest BCUT2D eigenvalue weighted by molar-refractivity contribution is -0.137. The van der Waals surface area contributed by atoms with E-state index in [4.69, 9.17) is 4.43 Å². The monoisotopic (exact) mass is 590 g/mol. The van der Waals surface area contributed by atoms with E-state index in [9.17, 15) is 9.59 Å². The third-order valence-corrected chi connectivity index (χ3v) is 15.2. The Morgan fingerprint density at radius 1 is 1.18 bits per heavy atom. The van der Waals surface area contributed by atoms with Gasteiger partial charge in [0.25, 0.3) is 0 Å². The summed E-state index contributed by atoms with van der Waals surface area (Å²) in [5.74, 6) is 2.21. The lowest BCUT2D eigenvalue weighted by Gasteiger charge is -2.38. The number of Topliss-reactive ketones (excluding diaryl/α,β-unsaturated/α-hetero) is 1. The van der Waals surface area contributed by atoms with Crippen molar-refractivity contribution in [2.75, 3.05) is 24.4 Å². The molecule has 8 heteroatoms. The van der Waals surface area contributed by atoms with Crippen molar-refractivity contribution in [3.8, 4) is 0 Å². The normalized spacial score (nSPS) is 15.7. The fourth-order valence-electron chi connectivity index (χ4n) is 3.95. The van der Waals surface area contributed by atoms with Crippen molar-refractivity contribution < 1.29 is 18.8 Å². The van der Waals surface area contributed by atoms with Crippen LogP contribution in [0.4, 0.5) is 0 Å². The van der Waals surface area contributed by atoms with Crippen molar-refractivity contribution >= 4 is 65.0 Å². The molecule has 0 aliphatic heterocycles. The zero-order valence-electron chi connectivity index (χ0n) is 23.6. The van der Waals surface area contributed by atoms with Crippen molar-refractivity contribution in [3.05, 3.63) is 57.8 Å². The molecule has 0 fully saturated rings. The molecule has 0 radical (unpaired) electrons. The molecule has 0 amide bonds. The van der Waals surface area contributed by atoms with Gasteiger partial charge in [-0.1, -0.05) is 51.1 Å². The number of carbonyl (C=O) groups excluding carboxylic acids is 2. The molecule has 0 spiro atoms. The van der Waals surface area contributed by atoms with Crippen LogP contribution >= 0.6 is 34.9 Å². The van der Waals surface area contributed by atoms with E-state index < -0.39 is 8.32 Å². The summed E-state index contributed by atoms with van der Waals surface area (Å²) in [5.41, 5.74) is 1.15. The molecule has 208 valence electrons. The van der Waals surface area contributed by atoms with Crippen molar-refractivity contribution in [2.24, 2.45) is 0 Å². The molecule has 0 N–H and O–H groups in total. The Kier molecular flexibility index (Phi) is 11.8. The first kappa shape index (κ1) is 31.2. The number of rotatable bonds is 14. The fourth-order valence-corrected chi connectivity index (χ4v) is 8.41. The molecule has 2 aromatic rings. The third-order valence-electron chi connectivity index (χ3n) is 7.21. The molecule has 1 aliphatic carbocycles. The Bertz CT molecular complexity index is 1130. The van der Waals surface area contributed by atoms with Crippen LogP contribution in [-0.4, -0.2) is 50.5 Å². The molecule has 1 aliphatic rings. The summed E-state index contributed by atoms with van der Waals surface area (Å²) < 4.78 is 12.9. The fraction of sp³-hybridized carbons (Fsp3) is 0.533. The van der Waals surface area contributed by atoms with E-state index in [2.05, 4.69) is 81.1 Å². The number of hydrogen-bond donors (Lipinski definition) is 0. The minimum atomic E-state index is -1.96. The first-order valence-corrected chi connectivity index (χ1v) is 19.2. The van der Waals surface area contributed by atoms with Crippen LogP contribution < -0.4 is 0 Å². The first-order chi connectivity index (χ1) is 18.0. The number of esters is 1. The molecule has 3 rings (SSSR count). The van der Waals surface area contributed by atoms with Gasteiger partial charge in [0.05, 0.1) is 23.9 Å². The highest BCUT2D eigenvalue weighted by molar-refractivity contribution is 8.04. The van der Waals surface area contributed by atoms with Gasteiger partial charge >= 0.3 is 5.97 Å². The second-order valence-electron chi connectivity index (χ2n) is 11.2. The largest absolute Gasteiger partial charge is 0.468 e. The van der Waals surface area contributed by atoms with E-state index in [-0.39, 0.29) is 22.9 Å². The molecule has 4 nitrogen and oxygen atoms in total. The van der Waals surface area contributed by atoms with E-state index >= 15 is 0 Å². The molecule has 1 aromatic carbocycles. The molecule has 0 bridgehead atoms. The average molecular weight is 591 g/mol. The molecular weight excluding hydrogens is 549 g/mol. The molecule has 0 saturated heterocycles. The quantitative estimate of drug-likeness (QED) is 0.125.